The summed E-state index contributed by atoms with van der Waals surface area (Å²) < 4.78 is 0. The SMILES string of the molecule is CNCCCNC(=O)C(c1ccccc1)N1CCCCC1=O. The molecule has 2 amide bonds. The highest BCUT2D eigenvalue weighted by atomic mass is 16.2. The first-order valence-corrected chi connectivity index (χ1v) is 8.00. The van der Waals surface area contributed by atoms with Crippen molar-refractivity contribution in [2.45, 2.75) is 31.7 Å². The minimum atomic E-state index is -0.511. The third kappa shape index (κ3) is 4.31. The first-order valence-electron chi connectivity index (χ1n) is 8.00. The van der Waals surface area contributed by atoms with E-state index in [2.05, 4.69) is 10.6 Å². The monoisotopic (exact) mass is 303 g/mol. The molecule has 0 spiro atoms. The summed E-state index contributed by atoms with van der Waals surface area (Å²) in [6.07, 6.45) is 3.29. The lowest BCUT2D eigenvalue weighted by atomic mass is 10.0. The molecule has 2 N–H and O–H groups in total. The molecule has 1 aliphatic heterocycles. The second-order valence-electron chi connectivity index (χ2n) is 5.61. The topological polar surface area (TPSA) is 61.4 Å². The van der Waals surface area contributed by atoms with Crippen LogP contribution in [0.5, 0.6) is 0 Å². The molecule has 0 bridgehead atoms. The predicted molar refractivity (Wildman–Crippen MR) is 86.3 cm³/mol. The van der Waals surface area contributed by atoms with Gasteiger partial charge in [-0.1, -0.05) is 30.3 Å². The zero-order valence-corrected chi connectivity index (χ0v) is 13.2. The van der Waals surface area contributed by atoms with Crippen molar-refractivity contribution in [2.24, 2.45) is 0 Å². The fourth-order valence-corrected chi connectivity index (χ4v) is 2.78. The maximum absolute atomic E-state index is 12.6. The Morgan fingerprint density at radius 2 is 2.00 bits per heavy atom. The maximum atomic E-state index is 12.6. The van der Waals surface area contributed by atoms with E-state index < -0.39 is 6.04 Å². The van der Waals surface area contributed by atoms with Gasteiger partial charge in [-0.3, -0.25) is 9.59 Å². The average Bonchev–Trinajstić information content (AvgIpc) is 2.55. The van der Waals surface area contributed by atoms with Gasteiger partial charge in [0.1, 0.15) is 6.04 Å². The Labute approximate surface area is 132 Å². The minimum absolute atomic E-state index is 0.0745. The highest BCUT2D eigenvalue weighted by Crippen LogP contribution is 2.25. The largest absolute Gasteiger partial charge is 0.354 e. The second kappa shape index (κ2) is 8.54. The summed E-state index contributed by atoms with van der Waals surface area (Å²) in [5, 5.41) is 6.02. The molecule has 2 rings (SSSR count). The second-order valence-corrected chi connectivity index (χ2v) is 5.61. The molecule has 22 heavy (non-hydrogen) atoms. The molecule has 1 heterocycles. The molecule has 1 atom stereocenters. The van der Waals surface area contributed by atoms with E-state index in [1.165, 1.54) is 0 Å². The summed E-state index contributed by atoms with van der Waals surface area (Å²) in [5.41, 5.74) is 0.879. The Hall–Kier alpha value is -1.88. The van der Waals surface area contributed by atoms with E-state index in [1.54, 1.807) is 4.90 Å². The van der Waals surface area contributed by atoms with Gasteiger partial charge in [0.2, 0.25) is 11.8 Å². The molecule has 1 aromatic rings. The standard InChI is InChI=1S/C17H25N3O2/c1-18-11-7-12-19-17(22)16(14-8-3-2-4-9-14)20-13-6-5-10-15(20)21/h2-4,8-9,16,18H,5-7,10-13H2,1H3,(H,19,22). The van der Waals surface area contributed by atoms with Crippen LogP contribution in [0.3, 0.4) is 0 Å². The van der Waals surface area contributed by atoms with Crippen LogP contribution < -0.4 is 10.6 Å². The molecule has 0 aromatic heterocycles. The van der Waals surface area contributed by atoms with Crippen molar-refractivity contribution in [3.63, 3.8) is 0 Å². The van der Waals surface area contributed by atoms with Crippen LogP contribution in [0, 0.1) is 0 Å². The number of carbonyl (C=O) groups is 2. The van der Waals surface area contributed by atoms with Crippen molar-refractivity contribution in [1.29, 1.82) is 0 Å². The van der Waals surface area contributed by atoms with Crippen LogP contribution in [-0.2, 0) is 9.59 Å². The molecule has 5 nitrogen and oxygen atoms in total. The van der Waals surface area contributed by atoms with Crippen LogP contribution in [0.15, 0.2) is 30.3 Å². The lowest BCUT2D eigenvalue weighted by molar-refractivity contribution is -0.142. The van der Waals surface area contributed by atoms with Crippen molar-refractivity contribution in [3.8, 4) is 0 Å². The van der Waals surface area contributed by atoms with Crippen molar-refractivity contribution in [1.82, 2.24) is 15.5 Å². The van der Waals surface area contributed by atoms with Gasteiger partial charge in [-0.25, -0.2) is 0 Å². The fourth-order valence-electron chi connectivity index (χ4n) is 2.78. The van der Waals surface area contributed by atoms with Crippen LogP contribution in [-0.4, -0.2) is 43.4 Å². The van der Waals surface area contributed by atoms with E-state index in [0.717, 1.165) is 31.4 Å². The van der Waals surface area contributed by atoms with Gasteiger partial charge in [0, 0.05) is 19.5 Å². The Kier molecular flexibility index (Phi) is 6.40. The molecule has 1 aliphatic rings. The van der Waals surface area contributed by atoms with Gasteiger partial charge in [-0.05, 0) is 38.4 Å². The third-order valence-electron chi connectivity index (χ3n) is 3.94. The number of rotatable bonds is 7. The van der Waals surface area contributed by atoms with Crippen molar-refractivity contribution >= 4 is 11.8 Å². The number of carbonyl (C=O) groups excluding carboxylic acids is 2. The van der Waals surface area contributed by atoms with E-state index >= 15 is 0 Å². The van der Waals surface area contributed by atoms with Gasteiger partial charge >= 0.3 is 0 Å². The highest BCUT2D eigenvalue weighted by Gasteiger charge is 2.32. The molecule has 120 valence electrons. The number of nitrogens with one attached hydrogen (secondary N) is 2. The Morgan fingerprint density at radius 1 is 1.23 bits per heavy atom. The number of nitrogens with zero attached hydrogens (tertiary/aromatic N) is 1. The molecule has 1 fully saturated rings. The number of piperidine rings is 1. The zero-order valence-electron chi connectivity index (χ0n) is 13.2. The summed E-state index contributed by atoms with van der Waals surface area (Å²) in [4.78, 5) is 26.6. The molecule has 0 saturated carbocycles. The van der Waals surface area contributed by atoms with E-state index in [1.807, 2.05) is 37.4 Å². The molecule has 5 heteroatoms. The van der Waals surface area contributed by atoms with E-state index in [9.17, 15) is 9.59 Å². The Morgan fingerprint density at radius 3 is 2.68 bits per heavy atom. The molecular formula is C17H25N3O2. The minimum Gasteiger partial charge on any atom is -0.354 e. The van der Waals surface area contributed by atoms with Crippen molar-refractivity contribution in [2.75, 3.05) is 26.7 Å². The number of hydrogen-bond acceptors (Lipinski definition) is 3. The summed E-state index contributed by atoms with van der Waals surface area (Å²) in [6, 6.07) is 9.06. The van der Waals surface area contributed by atoms with Crippen LogP contribution in [0.4, 0.5) is 0 Å². The van der Waals surface area contributed by atoms with E-state index in [-0.39, 0.29) is 11.8 Å². The van der Waals surface area contributed by atoms with Gasteiger partial charge < -0.3 is 15.5 Å². The molecule has 1 saturated heterocycles. The number of hydrogen-bond donors (Lipinski definition) is 2. The smallest absolute Gasteiger partial charge is 0.247 e. The molecular weight excluding hydrogens is 278 g/mol. The predicted octanol–water partition coefficient (Wildman–Crippen LogP) is 1.47. The van der Waals surface area contributed by atoms with Gasteiger partial charge in [-0.2, -0.15) is 0 Å². The lowest BCUT2D eigenvalue weighted by Gasteiger charge is -2.34. The number of amides is 2. The van der Waals surface area contributed by atoms with Gasteiger partial charge in [0.25, 0.3) is 0 Å². The Balaban J connectivity index is 2.11. The summed E-state index contributed by atoms with van der Waals surface area (Å²) in [7, 11) is 1.89. The normalized spacial score (nSPS) is 16.4. The average molecular weight is 303 g/mol. The van der Waals surface area contributed by atoms with Crippen LogP contribution in [0.2, 0.25) is 0 Å². The van der Waals surface area contributed by atoms with E-state index in [4.69, 9.17) is 0 Å². The molecule has 1 unspecified atom stereocenters. The summed E-state index contributed by atoms with van der Waals surface area (Å²) in [5.74, 6) is -0.0111. The third-order valence-corrected chi connectivity index (χ3v) is 3.94. The van der Waals surface area contributed by atoms with Crippen molar-refractivity contribution in [3.05, 3.63) is 35.9 Å². The highest BCUT2D eigenvalue weighted by molar-refractivity contribution is 5.89. The van der Waals surface area contributed by atoms with E-state index in [0.29, 0.717) is 19.5 Å². The van der Waals surface area contributed by atoms with Crippen LogP contribution in [0.1, 0.15) is 37.3 Å². The Bertz CT molecular complexity index is 490. The first kappa shape index (κ1) is 16.5. The van der Waals surface area contributed by atoms with Crippen LogP contribution >= 0.6 is 0 Å². The molecule has 0 radical (unpaired) electrons. The summed E-state index contributed by atoms with van der Waals surface area (Å²) >= 11 is 0. The van der Waals surface area contributed by atoms with Gasteiger partial charge in [0.05, 0.1) is 0 Å². The quantitative estimate of drug-likeness (QED) is 0.750. The van der Waals surface area contributed by atoms with Gasteiger partial charge in [0.15, 0.2) is 0 Å². The maximum Gasteiger partial charge on any atom is 0.247 e. The number of benzene rings is 1. The number of likely N-dealkylation sites (tertiary alicyclic amines) is 1. The fraction of sp³-hybridized carbons (Fsp3) is 0.529. The molecule has 0 aliphatic carbocycles. The van der Waals surface area contributed by atoms with Gasteiger partial charge in [-0.15, -0.1) is 0 Å². The molecule has 1 aromatic carbocycles. The lowest BCUT2D eigenvalue weighted by Crippen LogP contribution is -2.46. The van der Waals surface area contributed by atoms with Crippen molar-refractivity contribution < 1.29 is 9.59 Å². The summed E-state index contributed by atoms with van der Waals surface area (Å²) in [6.45, 7) is 2.13. The zero-order chi connectivity index (χ0) is 15.8. The van der Waals surface area contributed by atoms with Crippen LogP contribution in [0.25, 0.3) is 0 Å². The first-order chi connectivity index (χ1) is 10.7.